The van der Waals surface area contributed by atoms with E-state index in [4.69, 9.17) is 16.3 Å². The third-order valence-corrected chi connectivity index (χ3v) is 6.54. The monoisotopic (exact) mass is 484 g/mol. The molecule has 0 saturated carbocycles. The van der Waals surface area contributed by atoms with Gasteiger partial charge in [0.2, 0.25) is 0 Å². The van der Waals surface area contributed by atoms with Gasteiger partial charge in [-0.3, -0.25) is 4.79 Å². The molecule has 3 rings (SSSR count). The molecule has 0 atom stereocenters. The van der Waals surface area contributed by atoms with Gasteiger partial charge in [0.15, 0.2) is 5.78 Å². The highest BCUT2D eigenvalue weighted by Crippen LogP contribution is 2.41. The quantitative estimate of drug-likeness (QED) is 0.172. The maximum atomic E-state index is 11.4. The van der Waals surface area contributed by atoms with Crippen molar-refractivity contribution in [3.05, 3.63) is 112 Å². The van der Waals surface area contributed by atoms with Gasteiger partial charge in [-0.1, -0.05) is 92.2 Å². The summed E-state index contributed by atoms with van der Waals surface area (Å²) in [6, 6.07) is 24.8. The standard InChI is InChI=1S/C32H33ClO2/c1-6-28(25-18-20-27(35-5)21-19-25)31(26-16-14-24(15-17-26)13-12-23(4)34)29(7-2)32(33)30-11-9-8-10-22(30)3/h8-21H,6-7H2,1-5H3/b13-12+,31-28+,32-29-. The Morgan fingerprint density at radius 3 is 2.06 bits per heavy atom. The number of carbonyl (C=O) groups excluding carboxylic acids is 1. The van der Waals surface area contributed by atoms with E-state index >= 15 is 0 Å². The molecule has 0 fully saturated rings. The van der Waals surface area contributed by atoms with E-state index in [9.17, 15) is 4.79 Å². The number of carbonyl (C=O) groups is 1. The van der Waals surface area contributed by atoms with Gasteiger partial charge in [-0.15, -0.1) is 0 Å². The van der Waals surface area contributed by atoms with Gasteiger partial charge in [-0.25, -0.2) is 0 Å². The molecule has 0 heterocycles. The van der Waals surface area contributed by atoms with E-state index in [1.165, 1.54) is 5.57 Å². The molecule has 0 aliphatic rings. The first kappa shape index (κ1) is 26.2. The molecule has 0 aliphatic carbocycles. The summed E-state index contributed by atoms with van der Waals surface area (Å²) in [5.74, 6) is 0.861. The molecule has 2 nitrogen and oxygen atoms in total. The molecule has 0 N–H and O–H groups in total. The number of hydrogen-bond donors (Lipinski definition) is 0. The van der Waals surface area contributed by atoms with Crippen LogP contribution in [-0.2, 0) is 4.79 Å². The van der Waals surface area contributed by atoms with Crippen LogP contribution >= 0.6 is 11.6 Å². The van der Waals surface area contributed by atoms with Crippen molar-refractivity contribution in [1.29, 1.82) is 0 Å². The van der Waals surface area contributed by atoms with Gasteiger partial charge >= 0.3 is 0 Å². The maximum Gasteiger partial charge on any atom is 0.152 e. The summed E-state index contributed by atoms with van der Waals surface area (Å²) in [7, 11) is 1.68. The number of methoxy groups -OCH3 is 1. The fourth-order valence-corrected chi connectivity index (χ4v) is 4.69. The Balaban J connectivity index is 2.29. The molecule has 35 heavy (non-hydrogen) atoms. The van der Waals surface area contributed by atoms with Crippen LogP contribution in [0.1, 0.15) is 61.4 Å². The normalized spacial score (nSPS) is 12.9. The summed E-state index contributed by atoms with van der Waals surface area (Å²) in [4.78, 5) is 11.4. The van der Waals surface area contributed by atoms with Crippen LogP contribution in [0.15, 0.2) is 84.4 Å². The average Bonchev–Trinajstić information content (AvgIpc) is 2.88. The maximum absolute atomic E-state index is 11.4. The van der Waals surface area contributed by atoms with Crippen molar-refractivity contribution in [2.75, 3.05) is 7.11 Å². The van der Waals surface area contributed by atoms with E-state index in [2.05, 4.69) is 57.2 Å². The predicted molar refractivity (Wildman–Crippen MR) is 150 cm³/mol. The lowest BCUT2D eigenvalue weighted by Gasteiger charge is -2.21. The lowest BCUT2D eigenvalue weighted by atomic mass is 9.85. The summed E-state index contributed by atoms with van der Waals surface area (Å²) in [5.41, 5.74) is 8.91. The van der Waals surface area contributed by atoms with Crippen LogP contribution in [0.5, 0.6) is 5.75 Å². The Labute approximate surface area is 214 Å². The molecule has 3 aromatic carbocycles. The molecular formula is C32H33ClO2. The minimum atomic E-state index is 0.0312. The lowest BCUT2D eigenvalue weighted by Crippen LogP contribution is -1.99. The Morgan fingerprint density at radius 2 is 1.51 bits per heavy atom. The van der Waals surface area contributed by atoms with Gasteiger partial charge in [-0.2, -0.15) is 0 Å². The molecule has 0 saturated heterocycles. The van der Waals surface area contributed by atoms with E-state index < -0.39 is 0 Å². The van der Waals surface area contributed by atoms with Gasteiger partial charge in [0, 0.05) is 0 Å². The highest BCUT2D eigenvalue weighted by Gasteiger charge is 2.19. The molecule has 0 spiro atoms. The Morgan fingerprint density at radius 1 is 0.886 bits per heavy atom. The van der Waals surface area contributed by atoms with E-state index in [1.54, 1.807) is 20.1 Å². The van der Waals surface area contributed by atoms with Crippen molar-refractivity contribution in [3.8, 4) is 5.75 Å². The number of benzene rings is 3. The van der Waals surface area contributed by atoms with Crippen molar-refractivity contribution in [2.45, 2.75) is 40.5 Å². The molecular weight excluding hydrogens is 452 g/mol. The van der Waals surface area contributed by atoms with Gasteiger partial charge in [-0.05, 0) is 89.4 Å². The lowest BCUT2D eigenvalue weighted by molar-refractivity contribution is -0.112. The Kier molecular flexibility index (Phi) is 9.28. The van der Waals surface area contributed by atoms with Gasteiger partial charge in [0.05, 0.1) is 12.1 Å². The van der Waals surface area contributed by atoms with Crippen molar-refractivity contribution >= 4 is 39.6 Å². The van der Waals surface area contributed by atoms with E-state index in [0.717, 1.165) is 62.6 Å². The van der Waals surface area contributed by atoms with E-state index in [-0.39, 0.29) is 5.78 Å². The van der Waals surface area contributed by atoms with Crippen LogP contribution in [0.2, 0.25) is 0 Å². The van der Waals surface area contributed by atoms with Gasteiger partial charge < -0.3 is 4.74 Å². The molecule has 0 aliphatic heterocycles. The number of ether oxygens (including phenoxy) is 1. The molecule has 0 aromatic heterocycles. The van der Waals surface area contributed by atoms with Crippen molar-refractivity contribution in [3.63, 3.8) is 0 Å². The Bertz CT molecular complexity index is 1260. The Hall–Kier alpha value is -3.36. The summed E-state index contributed by atoms with van der Waals surface area (Å²) in [6.07, 6.45) is 5.06. The third kappa shape index (κ3) is 6.41. The SMILES string of the molecule is CCC(=C(/Cl)c1ccccc1C)/C(=C(\CC)c1ccc(OC)cc1)c1ccc(/C=C/C(C)=O)cc1. The van der Waals surface area contributed by atoms with Crippen molar-refractivity contribution in [2.24, 2.45) is 0 Å². The minimum Gasteiger partial charge on any atom is -0.497 e. The van der Waals surface area contributed by atoms with Gasteiger partial charge in [0.25, 0.3) is 0 Å². The highest BCUT2D eigenvalue weighted by molar-refractivity contribution is 6.50. The average molecular weight is 485 g/mol. The molecule has 180 valence electrons. The zero-order valence-corrected chi connectivity index (χ0v) is 21.9. The second-order valence-electron chi connectivity index (χ2n) is 8.46. The van der Waals surface area contributed by atoms with Crippen molar-refractivity contribution in [1.82, 2.24) is 0 Å². The first-order valence-corrected chi connectivity index (χ1v) is 12.4. The summed E-state index contributed by atoms with van der Waals surface area (Å²) >= 11 is 7.15. The van der Waals surface area contributed by atoms with E-state index in [1.807, 2.05) is 42.5 Å². The summed E-state index contributed by atoms with van der Waals surface area (Å²) in [6.45, 7) is 7.98. The number of aryl methyl sites for hydroxylation is 1. The fourth-order valence-electron chi connectivity index (χ4n) is 4.25. The molecule has 3 heteroatoms. The zero-order chi connectivity index (χ0) is 25.4. The van der Waals surface area contributed by atoms with Crippen LogP contribution in [0, 0.1) is 6.92 Å². The number of ketones is 1. The number of halogens is 1. The third-order valence-electron chi connectivity index (χ3n) is 6.11. The minimum absolute atomic E-state index is 0.0312. The molecule has 0 unspecified atom stereocenters. The number of rotatable bonds is 9. The fraction of sp³-hybridized carbons (Fsp3) is 0.219. The zero-order valence-electron chi connectivity index (χ0n) is 21.2. The van der Waals surface area contributed by atoms with Crippen LogP contribution in [0.25, 0.3) is 22.3 Å². The van der Waals surface area contributed by atoms with Crippen LogP contribution < -0.4 is 4.74 Å². The molecule has 3 aromatic rings. The predicted octanol–water partition coefficient (Wildman–Crippen LogP) is 8.99. The van der Waals surface area contributed by atoms with Crippen molar-refractivity contribution < 1.29 is 9.53 Å². The molecule has 0 amide bonds. The van der Waals surface area contributed by atoms with Gasteiger partial charge in [0.1, 0.15) is 5.75 Å². The first-order valence-electron chi connectivity index (χ1n) is 12.0. The first-order chi connectivity index (χ1) is 16.9. The van der Waals surface area contributed by atoms with Crippen LogP contribution in [0.3, 0.4) is 0 Å². The van der Waals surface area contributed by atoms with Crippen LogP contribution in [-0.4, -0.2) is 12.9 Å². The molecule has 0 radical (unpaired) electrons. The second-order valence-corrected chi connectivity index (χ2v) is 8.84. The number of hydrogen-bond acceptors (Lipinski definition) is 2. The number of allylic oxidation sites excluding steroid dienone is 4. The second kappa shape index (κ2) is 12.4. The summed E-state index contributed by atoms with van der Waals surface area (Å²) in [5, 5.41) is 0.778. The summed E-state index contributed by atoms with van der Waals surface area (Å²) < 4.78 is 5.38. The topological polar surface area (TPSA) is 26.3 Å². The van der Waals surface area contributed by atoms with Crippen LogP contribution in [0.4, 0.5) is 0 Å². The van der Waals surface area contributed by atoms with E-state index in [0.29, 0.717) is 0 Å². The highest BCUT2D eigenvalue weighted by atomic mass is 35.5. The molecule has 0 bridgehead atoms. The smallest absolute Gasteiger partial charge is 0.152 e. The largest absolute Gasteiger partial charge is 0.497 e.